The molecule has 5 nitrogen and oxygen atoms in total. The normalized spacial score (nSPS) is 10.3. The van der Waals surface area contributed by atoms with Crippen LogP contribution < -0.4 is 10.1 Å². The van der Waals surface area contributed by atoms with Gasteiger partial charge in [-0.25, -0.2) is 0 Å². The Labute approximate surface area is 127 Å². The van der Waals surface area contributed by atoms with E-state index in [1.165, 1.54) is 12.1 Å². The average molecular weight is 307 g/mol. The molecule has 21 heavy (non-hydrogen) atoms. The predicted molar refractivity (Wildman–Crippen MR) is 81.8 cm³/mol. The number of ether oxygens (including phenoxy) is 1. The zero-order valence-electron chi connectivity index (χ0n) is 11.3. The van der Waals surface area contributed by atoms with E-state index in [1.807, 2.05) is 30.3 Å². The van der Waals surface area contributed by atoms with Crippen molar-refractivity contribution >= 4 is 17.3 Å². The topological polar surface area (TPSA) is 64.4 Å². The first-order valence-electron chi connectivity index (χ1n) is 6.48. The molecule has 2 aromatic carbocycles. The molecule has 110 valence electrons. The van der Waals surface area contributed by atoms with Crippen LogP contribution in [0, 0.1) is 10.1 Å². The highest BCUT2D eigenvalue weighted by Gasteiger charge is 2.08. The lowest BCUT2D eigenvalue weighted by molar-refractivity contribution is -0.384. The second kappa shape index (κ2) is 7.61. The summed E-state index contributed by atoms with van der Waals surface area (Å²) in [5.74, 6) is 0.827. The third-order valence-corrected chi connectivity index (χ3v) is 3.21. The first kappa shape index (κ1) is 15.3. The lowest BCUT2D eigenvalue weighted by atomic mass is 10.2. The highest BCUT2D eigenvalue weighted by atomic mass is 35.5. The zero-order chi connectivity index (χ0) is 15.1. The molecular weight excluding hydrogens is 292 g/mol. The van der Waals surface area contributed by atoms with Gasteiger partial charge in [-0.2, -0.15) is 0 Å². The number of para-hydroxylation sites is 1. The summed E-state index contributed by atoms with van der Waals surface area (Å²) < 4.78 is 5.54. The molecule has 0 heterocycles. The van der Waals surface area contributed by atoms with Crippen LogP contribution >= 0.6 is 11.6 Å². The van der Waals surface area contributed by atoms with Gasteiger partial charge in [-0.15, -0.1) is 0 Å². The van der Waals surface area contributed by atoms with Gasteiger partial charge in [0.15, 0.2) is 0 Å². The van der Waals surface area contributed by atoms with Crippen molar-refractivity contribution in [1.29, 1.82) is 0 Å². The van der Waals surface area contributed by atoms with E-state index in [4.69, 9.17) is 16.3 Å². The molecule has 2 rings (SSSR count). The van der Waals surface area contributed by atoms with Gasteiger partial charge < -0.3 is 10.1 Å². The number of halogens is 1. The van der Waals surface area contributed by atoms with Gasteiger partial charge in [0.2, 0.25) is 0 Å². The number of rotatable bonds is 7. The summed E-state index contributed by atoms with van der Waals surface area (Å²) in [5, 5.41) is 14.2. The number of benzene rings is 2. The first-order chi connectivity index (χ1) is 10.2. The largest absolute Gasteiger partial charge is 0.492 e. The zero-order valence-corrected chi connectivity index (χ0v) is 12.0. The number of non-ortho nitro benzene ring substituents is 1. The Morgan fingerprint density at radius 2 is 1.95 bits per heavy atom. The number of hydrogen-bond donors (Lipinski definition) is 1. The molecule has 2 aromatic rings. The minimum absolute atomic E-state index is 0.00355. The Kier molecular flexibility index (Phi) is 5.54. The maximum atomic E-state index is 10.6. The van der Waals surface area contributed by atoms with E-state index in [-0.39, 0.29) is 5.69 Å². The van der Waals surface area contributed by atoms with Crippen molar-refractivity contribution in [2.24, 2.45) is 0 Å². The molecule has 0 amide bonds. The second-order valence-electron chi connectivity index (χ2n) is 4.37. The van der Waals surface area contributed by atoms with Crippen LogP contribution in [-0.4, -0.2) is 18.1 Å². The number of nitro benzene ring substituents is 1. The van der Waals surface area contributed by atoms with Gasteiger partial charge in [0.05, 0.1) is 9.95 Å². The third kappa shape index (κ3) is 4.73. The average Bonchev–Trinajstić information content (AvgIpc) is 2.49. The molecule has 0 spiro atoms. The minimum atomic E-state index is -0.462. The summed E-state index contributed by atoms with van der Waals surface area (Å²) in [5.41, 5.74) is 0.818. The van der Waals surface area contributed by atoms with Crippen molar-refractivity contribution in [2.45, 2.75) is 6.54 Å². The van der Waals surface area contributed by atoms with Gasteiger partial charge in [-0.3, -0.25) is 10.1 Å². The van der Waals surface area contributed by atoms with Crippen molar-refractivity contribution in [3.05, 3.63) is 69.2 Å². The molecule has 0 aliphatic carbocycles. The first-order valence-corrected chi connectivity index (χ1v) is 6.86. The molecule has 0 aliphatic heterocycles. The lowest BCUT2D eigenvalue weighted by Crippen LogP contribution is -2.20. The van der Waals surface area contributed by atoms with Gasteiger partial charge in [0.25, 0.3) is 5.69 Å². The van der Waals surface area contributed by atoms with Crippen LogP contribution in [0.15, 0.2) is 48.5 Å². The monoisotopic (exact) mass is 306 g/mol. The van der Waals surface area contributed by atoms with E-state index in [2.05, 4.69) is 5.32 Å². The molecule has 0 aromatic heterocycles. The maximum Gasteiger partial charge on any atom is 0.270 e. The fourth-order valence-corrected chi connectivity index (χ4v) is 2.02. The van der Waals surface area contributed by atoms with Crippen molar-refractivity contribution in [3.8, 4) is 5.75 Å². The van der Waals surface area contributed by atoms with Crippen LogP contribution in [-0.2, 0) is 6.54 Å². The van der Waals surface area contributed by atoms with Crippen molar-refractivity contribution in [2.75, 3.05) is 13.2 Å². The summed E-state index contributed by atoms with van der Waals surface area (Å²) in [7, 11) is 0. The Bertz CT molecular complexity index is 605. The van der Waals surface area contributed by atoms with Crippen LogP contribution in [0.3, 0.4) is 0 Å². The molecule has 0 fully saturated rings. The van der Waals surface area contributed by atoms with E-state index < -0.39 is 4.92 Å². The number of hydrogen-bond acceptors (Lipinski definition) is 4. The highest BCUT2D eigenvalue weighted by molar-refractivity contribution is 6.31. The van der Waals surface area contributed by atoms with Crippen molar-refractivity contribution in [3.63, 3.8) is 0 Å². The quantitative estimate of drug-likeness (QED) is 0.483. The summed E-state index contributed by atoms with van der Waals surface area (Å²) in [6, 6.07) is 14.0. The number of nitrogens with one attached hydrogen (secondary N) is 1. The lowest BCUT2D eigenvalue weighted by Gasteiger charge is -2.08. The Hall–Kier alpha value is -2.11. The van der Waals surface area contributed by atoms with Crippen LogP contribution in [0.1, 0.15) is 5.56 Å². The van der Waals surface area contributed by atoms with Crippen molar-refractivity contribution < 1.29 is 9.66 Å². The predicted octanol–water partition coefficient (Wildman–Crippen LogP) is 3.42. The van der Waals surface area contributed by atoms with Crippen LogP contribution in [0.2, 0.25) is 5.02 Å². The summed E-state index contributed by atoms with van der Waals surface area (Å²) in [6.45, 7) is 1.73. The molecule has 6 heteroatoms. The maximum absolute atomic E-state index is 10.6. The van der Waals surface area contributed by atoms with Gasteiger partial charge in [-0.05, 0) is 23.8 Å². The van der Waals surface area contributed by atoms with Crippen LogP contribution in [0.5, 0.6) is 5.75 Å². The summed E-state index contributed by atoms with van der Waals surface area (Å²) in [4.78, 5) is 10.2. The van der Waals surface area contributed by atoms with Crippen molar-refractivity contribution in [1.82, 2.24) is 5.32 Å². The van der Waals surface area contributed by atoms with E-state index in [0.717, 1.165) is 11.3 Å². The number of nitro groups is 1. The standard InChI is InChI=1S/C15H15ClN2O3/c16-15-10-13(18(19)20)7-6-12(15)11-17-8-9-21-14-4-2-1-3-5-14/h1-7,10,17H,8-9,11H2. The molecule has 0 atom stereocenters. The molecular formula is C15H15ClN2O3. The Balaban J connectivity index is 1.75. The Morgan fingerprint density at radius 3 is 2.62 bits per heavy atom. The summed E-state index contributed by atoms with van der Waals surface area (Å²) in [6.07, 6.45) is 0. The second-order valence-corrected chi connectivity index (χ2v) is 4.78. The number of nitrogens with zero attached hydrogens (tertiary/aromatic N) is 1. The highest BCUT2D eigenvalue weighted by Crippen LogP contribution is 2.22. The van der Waals surface area contributed by atoms with E-state index in [0.29, 0.717) is 24.7 Å². The minimum Gasteiger partial charge on any atom is -0.492 e. The molecule has 0 aliphatic rings. The van der Waals surface area contributed by atoms with Gasteiger partial charge in [0.1, 0.15) is 12.4 Å². The summed E-state index contributed by atoms with van der Waals surface area (Å²) >= 11 is 6.01. The van der Waals surface area contributed by atoms with Gasteiger partial charge in [0, 0.05) is 25.2 Å². The van der Waals surface area contributed by atoms with Gasteiger partial charge in [-0.1, -0.05) is 29.8 Å². The fourth-order valence-electron chi connectivity index (χ4n) is 1.77. The van der Waals surface area contributed by atoms with Crippen LogP contribution in [0.4, 0.5) is 5.69 Å². The molecule has 0 bridgehead atoms. The molecule has 1 N–H and O–H groups in total. The van der Waals surface area contributed by atoms with E-state index >= 15 is 0 Å². The molecule has 0 radical (unpaired) electrons. The Morgan fingerprint density at radius 1 is 1.19 bits per heavy atom. The third-order valence-electron chi connectivity index (χ3n) is 2.85. The molecule has 0 saturated heterocycles. The molecule has 0 saturated carbocycles. The molecule has 0 unspecified atom stereocenters. The SMILES string of the molecule is O=[N+]([O-])c1ccc(CNCCOc2ccccc2)c(Cl)c1. The van der Waals surface area contributed by atoms with Crippen LogP contribution in [0.25, 0.3) is 0 Å². The van der Waals surface area contributed by atoms with E-state index in [9.17, 15) is 10.1 Å². The van der Waals surface area contributed by atoms with Gasteiger partial charge >= 0.3 is 0 Å². The fraction of sp³-hybridized carbons (Fsp3) is 0.200. The smallest absolute Gasteiger partial charge is 0.270 e. The van der Waals surface area contributed by atoms with E-state index in [1.54, 1.807) is 6.07 Å².